The molecule has 6 heteroatoms. The van der Waals surface area contributed by atoms with E-state index in [0.717, 1.165) is 0 Å². The average molecular weight is 272 g/mol. The Labute approximate surface area is 106 Å². The molecule has 1 atom stereocenters. The number of hydrogen-bond donors (Lipinski definition) is 1. The quantitative estimate of drug-likeness (QED) is 0.875. The smallest absolute Gasteiger partial charge is 0.154 e. The van der Waals surface area contributed by atoms with Gasteiger partial charge in [-0.2, -0.15) is 0 Å². The van der Waals surface area contributed by atoms with Crippen LogP contribution in [-0.2, 0) is 16.4 Å². The zero-order chi connectivity index (χ0) is 13.2. The Bertz CT molecular complexity index is 523. The predicted octanol–water partition coefficient (Wildman–Crippen LogP) is 0.753. The van der Waals surface area contributed by atoms with Crippen molar-refractivity contribution in [2.75, 3.05) is 18.6 Å². The number of aliphatic hydroxyl groups excluding tert-OH is 1. The lowest BCUT2D eigenvalue weighted by molar-refractivity contribution is 0.214. The van der Waals surface area contributed by atoms with Gasteiger partial charge in [0.1, 0.15) is 17.6 Å². The molecule has 0 aromatic heterocycles. The fourth-order valence-electron chi connectivity index (χ4n) is 1.94. The lowest BCUT2D eigenvalue weighted by Gasteiger charge is -2.15. The van der Waals surface area contributed by atoms with Gasteiger partial charge in [-0.05, 0) is 18.6 Å². The third-order valence-corrected chi connectivity index (χ3v) is 4.67. The summed E-state index contributed by atoms with van der Waals surface area (Å²) in [4.78, 5) is 0. The van der Waals surface area contributed by atoms with Crippen molar-refractivity contribution in [3.8, 4) is 11.5 Å². The van der Waals surface area contributed by atoms with Gasteiger partial charge in [0, 0.05) is 11.6 Å². The van der Waals surface area contributed by atoms with Gasteiger partial charge in [0.15, 0.2) is 9.84 Å². The van der Waals surface area contributed by atoms with Gasteiger partial charge in [0.2, 0.25) is 0 Å². The fourth-order valence-corrected chi connectivity index (χ4v) is 3.53. The summed E-state index contributed by atoms with van der Waals surface area (Å²) < 4.78 is 33.4. The van der Waals surface area contributed by atoms with Gasteiger partial charge in [-0.15, -0.1) is 0 Å². The Balaban J connectivity index is 2.17. The van der Waals surface area contributed by atoms with Gasteiger partial charge >= 0.3 is 0 Å². The molecule has 1 aromatic carbocycles. The summed E-state index contributed by atoms with van der Waals surface area (Å²) in [5.74, 6) is 1.30. The zero-order valence-electron chi connectivity index (χ0n) is 10.1. The Hall–Kier alpha value is -1.27. The topological polar surface area (TPSA) is 72.8 Å². The summed E-state index contributed by atoms with van der Waals surface area (Å²) in [6, 6.07) is 5.10. The van der Waals surface area contributed by atoms with E-state index in [2.05, 4.69) is 0 Å². The molecule has 2 rings (SSSR count). The molecule has 0 amide bonds. The lowest BCUT2D eigenvalue weighted by Crippen LogP contribution is -2.18. The van der Waals surface area contributed by atoms with Crippen LogP contribution in [-0.4, -0.2) is 38.2 Å². The van der Waals surface area contributed by atoms with Gasteiger partial charge in [0.25, 0.3) is 0 Å². The van der Waals surface area contributed by atoms with E-state index in [1.807, 2.05) is 0 Å². The molecule has 100 valence electrons. The van der Waals surface area contributed by atoms with Crippen LogP contribution < -0.4 is 9.47 Å². The van der Waals surface area contributed by atoms with Crippen molar-refractivity contribution < 1.29 is 23.0 Å². The second-order valence-corrected chi connectivity index (χ2v) is 6.50. The summed E-state index contributed by atoms with van der Waals surface area (Å²) in [5.41, 5.74) is 0.625. The molecule has 1 N–H and O–H groups in total. The van der Waals surface area contributed by atoms with Crippen LogP contribution in [0.15, 0.2) is 18.2 Å². The van der Waals surface area contributed by atoms with Gasteiger partial charge < -0.3 is 14.6 Å². The minimum absolute atomic E-state index is 0.0368. The Morgan fingerprint density at radius 2 is 2.22 bits per heavy atom. The summed E-state index contributed by atoms with van der Waals surface area (Å²) in [5, 5.41) is 9.22. The SMILES string of the molecule is COc1ccc(CO)c(OC2CCS(=O)(=O)C2)c1. The Morgan fingerprint density at radius 3 is 2.78 bits per heavy atom. The highest BCUT2D eigenvalue weighted by atomic mass is 32.2. The number of rotatable bonds is 4. The van der Waals surface area contributed by atoms with E-state index < -0.39 is 9.84 Å². The van der Waals surface area contributed by atoms with E-state index in [1.165, 1.54) is 7.11 Å². The molecule has 1 fully saturated rings. The number of hydrogen-bond acceptors (Lipinski definition) is 5. The van der Waals surface area contributed by atoms with Crippen LogP contribution in [0.3, 0.4) is 0 Å². The van der Waals surface area contributed by atoms with Crippen molar-refractivity contribution >= 4 is 9.84 Å². The molecule has 1 aliphatic rings. The minimum atomic E-state index is -2.97. The predicted molar refractivity (Wildman–Crippen MR) is 66.6 cm³/mol. The first-order valence-electron chi connectivity index (χ1n) is 5.69. The van der Waals surface area contributed by atoms with Crippen molar-refractivity contribution in [1.29, 1.82) is 0 Å². The largest absolute Gasteiger partial charge is 0.497 e. The van der Waals surface area contributed by atoms with E-state index in [4.69, 9.17) is 9.47 Å². The highest BCUT2D eigenvalue weighted by molar-refractivity contribution is 7.91. The van der Waals surface area contributed by atoms with Crippen molar-refractivity contribution in [1.82, 2.24) is 0 Å². The first-order valence-corrected chi connectivity index (χ1v) is 7.51. The Morgan fingerprint density at radius 1 is 1.44 bits per heavy atom. The number of methoxy groups -OCH3 is 1. The molecule has 0 aliphatic carbocycles. The van der Waals surface area contributed by atoms with E-state index in [1.54, 1.807) is 18.2 Å². The first kappa shape index (κ1) is 13.2. The highest BCUT2D eigenvalue weighted by Crippen LogP contribution is 2.28. The molecule has 1 aliphatic heterocycles. The van der Waals surface area contributed by atoms with Gasteiger partial charge in [-0.3, -0.25) is 0 Å². The number of ether oxygens (including phenoxy) is 2. The molecule has 0 bridgehead atoms. The van der Waals surface area contributed by atoms with Crippen LogP contribution in [0.5, 0.6) is 11.5 Å². The highest BCUT2D eigenvalue weighted by Gasteiger charge is 2.29. The van der Waals surface area contributed by atoms with Crippen molar-refractivity contribution in [3.63, 3.8) is 0 Å². The summed E-state index contributed by atoms with van der Waals surface area (Å²) in [6.45, 7) is -0.154. The van der Waals surface area contributed by atoms with E-state index in [0.29, 0.717) is 23.5 Å². The van der Waals surface area contributed by atoms with Crippen LogP contribution in [0.2, 0.25) is 0 Å². The van der Waals surface area contributed by atoms with Gasteiger partial charge in [-0.1, -0.05) is 0 Å². The molecule has 0 radical (unpaired) electrons. The average Bonchev–Trinajstić information content (AvgIpc) is 2.68. The third kappa shape index (κ3) is 2.94. The summed E-state index contributed by atoms with van der Waals surface area (Å²) >= 11 is 0. The van der Waals surface area contributed by atoms with Crippen molar-refractivity contribution in [2.45, 2.75) is 19.1 Å². The molecular formula is C12H16O5S. The molecular weight excluding hydrogens is 256 g/mol. The molecule has 1 unspecified atom stereocenters. The molecule has 1 saturated heterocycles. The third-order valence-electron chi connectivity index (χ3n) is 2.93. The van der Waals surface area contributed by atoms with Gasteiger partial charge in [0.05, 0.1) is 25.2 Å². The normalized spacial score (nSPS) is 21.8. The second kappa shape index (κ2) is 5.16. The maximum absolute atomic E-state index is 11.4. The maximum Gasteiger partial charge on any atom is 0.154 e. The van der Waals surface area contributed by atoms with Crippen molar-refractivity contribution in [3.05, 3.63) is 23.8 Å². The molecule has 18 heavy (non-hydrogen) atoms. The number of aliphatic hydroxyl groups is 1. The molecule has 1 aromatic rings. The maximum atomic E-state index is 11.4. The standard InChI is InChI=1S/C12H16O5S/c1-16-10-3-2-9(7-13)12(6-10)17-11-4-5-18(14,15)8-11/h2-3,6,11,13H,4-5,7-8H2,1H3. The molecule has 5 nitrogen and oxygen atoms in total. The van der Waals surface area contributed by atoms with Crippen LogP contribution >= 0.6 is 0 Å². The van der Waals surface area contributed by atoms with E-state index in [9.17, 15) is 13.5 Å². The van der Waals surface area contributed by atoms with E-state index >= 15 is 0 Å². The van der Waals surface area contributed by atoms with Crippen LogP contribution in [0, 0.1) is 0 Å². The molecule has 1 heterocycles. The van der Waals surface area contributed by atoms with E-state index in [-0.39, 0.29) is 24.2 Å². The van der Waals surface area contributed by atoms with Gasteiger partial charge in [-0.25, -0.2) is 8.42 Å². The summed E-state index contributed by atoms with van der Waals surface area (Å²) in [6.07, 6.45) is 0.150. The molecule has 0 saturated carbocycles. The van der Waals surface area contributed by atoms with Crippen LogP contribution in [0.4, 0.5) is 0 Å². The fraction of sp³-hybridized carbons (Fsp3) is 0.500. The number of sulfone groups is 1. The first-order chi connectivity index (χ1) is 8.54. The summed E-state index contributed by atoms with van der Waals surface area (Å²) in [7, 11) is -1.43. The number of benzene rings is 1. The Kier molecular flexibility index (Phi) is 3.77. The van der Waals surface area contributed by atoms with Crippen molar-refractivity contribution in [2.24, 2.45) is 0 Å². The van der Waals surface area contributed by atoms with Crippen LogP contribution in [0.1, 0.15) is 12.0 Å². The van der Waals surface area contributed by atoms with Crippen LogP contribution in [0.25, 0.3) is 0 Å². The second-order valence-electron chi connectivity index (χ2n) is 4.27. The molecule has 0 spiro atoms. The minimum Gasteiger partial charge on any atom is -0.497 e. The zero-order valence-corrected chi connectivity index (χ0v) is 10.9. The monoisotopic (exact) mass is 272 g/mol. The lowest BCUT2D eigenvalue weighted by atomic mass is 10.2.